The minimum absolute atomic E-state index is 0.00618. The Morgan fingerprint density at radius 1 is 0.938 bits per heavy atom. The largest absolute Gasteiger partial charge is 0.444 e. The van der Waals surface area contributed by atoms with Gasteiger partial charge < -0.3 is 19.9 Å². The normalized spacial score (nSPS) is 21.7. The van der Waals surface area contributed by atoms with Crippen molar-refractivity contribution >= 4 is 23.8 Å². The zero-order valence-corrected chi connectivity index (χ0v) is 29.3. The first kappa shape index (κ1) is 35.4. The third-order valence-corrected chi connectivity index (χ3v) is 10.0. The van der Waals surface area contributed by atoms with Gasteiger partial charge in [0.15, 0.2) is 0 Å². The number of likely N-dealkylation sites (N-methyl/N-ethyl adjacent to an activating group) is 1. The molecule has 2 aromatic rings. The predicted octanol–water partition coefficient (Wildman–Crippen LogP) is 4.47. The topological polar surface area (TPSA) is 102 Å². The van der Waals surface area contributed by atoms with Gasteiger partial charge in [0.1, 0.15) is 30.4 Å². The van der Waals surface area contributed by atoms with E-state index in [2.05, 4.69) is 34.5 Å². The fourth-order valence-electron chi connectivity index (χ4n) is 7.33. The standard InChI is InChI=1S/C38H53N5O5/c1-27(40(5)37(47)48-38(2,3)4)35(45)39-34(30-19-13-8-14-20-30)36(46)42-26-33(44)43-31(23-29-17-11-7-12-18-29)24-41(25-32(42)43)22-21-28-15-9-6-10-16-28/h6-7,9-12,15-18,27,30-32,34H,8,13-14,19-26H2,1-5H3,(H,39,45)/t27-,31-,32+,34-/m0/s1. The van der Waals surface area contributed by atoms with Gasteiger partial charge in [0.25, 0.3) is 0 Å². The third-order valence-electron chi connectivity index (χ3n) is 10.0. The summed E-state index contributed by atoms with van der Waals surface area (Å²) in [5, 5.41) is 3.06. The van der Waals surface area contributed by atoms with Gasteiger partial charge in [0.2, 0.25) is 17.7 Å². The zero-order chi connectivity index (χ0) is 34.4. The van der Waals surface area contributed by atoms with Crippen LogP contribution in [0.25, 0.3) is 0 Å². The quantitative estimate of drug-likeness (QED) is 0.404. The lowest BCUT2D eigenvalue weighted by Crippen LogP contribution is -2.64. The van der Waals surface area contributed by atoms with Crippen LogP contribution in [0.5, 0.6) is 0 Å². The lowest BCUT2D eigenvalue weighted by atomic mass is 9.83. The van der Waals surface area contributed by atoms with E-state index in [0.717, 1.165) is 57.2 Å². The number of fused-ring (bicyclic) bond motifs is 1. The van der Waals surface area contributed by atoms with Crippen molar-refractivity contribution in [2.75, 3.05) is 33.2 Å². The minimum atomic E-state index is -0.853. The summed E-state index contributed by atoms with van der Waals surface area (Å²) in [6, 6.07) is 18.9. The summed E-state index contributed by atoms with van der Waals surface area (Å²) in [6.07, 6.45) is 5.26. The number of nitrogens with zero attached hydrogens (tertiary/aromatic N) is 4. The maximum absolute atomic E-state index is 14.7. The molecule has 0 unspecified atom stereocenters. The molecule has 260 valence electrons. The molecule has 5 rings (SSSR count). The van der Waals surface area contributed by atoms with Gasteiger partial charge in [0, 0.05) is 26.7 Å². The molecule has 10 nitrogen and oxygen atoms in total. The van der Waals surface area contributed by atoms with Crippen molar-refractivity contribution in [3.8, 4) is 0 Å². The maximum atomic E-state index is 14.7. The van der Waals surface area contributed by atoms with Crippen LogP contribution in [0, 0.1) is 5.92 Å². The molecule has 0 spiro atoms. The predicted molar refractivity (Wildman–Crippen MR) is 185 cm³/mol. The second-order valence-electron chi connectivity index (χ2n) is 14.7. The molecule has 2 aliphatic heterocycles. The van der Waals surface area contributed by atoms with Crippen molar-refractivity contribution in [2.45, 2.75) is 103 Å². The molecule has 1 aliphatic carbocycles. The minimum Gasteiger partial charge on any atom is -0.444 e. The summed E-state index contributed by atoms with van der Waals surface area (Å²) in [7, 11) is 1.53. The second-order valence-corrected chi connectivity index (χ2v) is 14.7. The van der Waals surface area contributed by atoms with Gasteiger partial charge in [0.05, 0.1) is 6.04 Å². The zero-order valence-electron chi connectivity index (χ0n) is 29.3. The molecule has 2 saturated heterocycles. The number of amides is 4. The summed E-state index contributed by atoms with van der Waals surface area (Å²) in [4.78, 5) is 62.2. The van der Waals surface area contributed by atoms with Crippen LogP contribution in [0.4, 0.5) is 4.79 Å². The van der Waals surface area contributed by atoms with Gasteiger partial charge in [-0.2, -0.15) is 0 Å². The number of carbonyl (C=O) groups is 4. The molecule has 2 heterocycles. The van der Waals surface area contributed by atoms with E-state index in [1.807, 2.05) is 41.3 Å². The van der Waals surface area contributed by atoms with E-state index in [9.17, 15) is 19.2 Å². The molecule has 10 heteroatoms. The van der Waals surface area contributed by atoms with Crippen molar-refractivity contribution in [3.05, 3.63) is 71.8 Å². The smallest absolute Gasteiger partial charge is 0.410 e. The molecule has 3 fully saturated rings. The molecule has 4 atom stereocenters. The van der Waals surface area contributed by atoms with E-state index in [1.54, 1.807) is 32.6 Å². The van der Waals surface area contributed by atoms with E-state index in [0.29, 0.717) is 13.0 Å². The Bertz CT molecular complexity index is 1410. The highest BCUT2D eigenvalue weighted by atomic mass is 16.6. The number of carbonyl (C=O) groups excluding carboxylic acids is 4. The van der Waals surface area contributed by atoms with Crippen LogP contribution in [0.15, 0.2) is 60.7 Å². The Balaban J connectivity index is 1.37. The van der Waals surface area contributed by atoms with Crippen LogP contribution in [0.2, 0.25) is 0 Å². The average molecular weight is 660 g/mol. The van der Waals surface area contributed by atoms with E-state index < -0.39 is 35.9 Å². The molecular formula is C38H53N5O5. The van der Waals surface area contributed by atoms with Crippen molar-refractivity contribution in [3.63, 3.8) is 0 Å². The summed E-state index contributed by atoms with van der Waals surface area (Å²) in [5.41, 5.74) is 1.70. The lowest BCUT2D eigenvalue weighted by Gasteiger charge is -2.46. The van der Waals surface area contributed by atoms with E-state index in [4.69, 9.17) is 4.74 Å². The number of piperazine rings is 1. The first-order valence-electron chi connectivity index (χ1n) is 17.6. The number of benzene rings is 2. The monoisotopic (exact) mass is 659 g/mol. The molecule has 2 aromatic carbocycles. The highest BCUT2D eigenvalue weighted by Crippen LogP contribution is 2.32. The molecule has 4 amide bonds. The van der Waals surface area contributed by atoms with Crippen LogP contribution in [0.3, 0.4) is 0 Å². The highest BCUT2D eigenvalue weighted by molar-refractivity contribution is 5.95. The van der Waals surface area contributed by atoms with Gasteiger partial charge in [-0.3, -0.25) is 24.2 Å². The first-order chi connectivity index (χ1) is 22.9. The number of ether oxygens (including phenoxy) is 1. The Morgan fingerprint density at radius 3 is 2.19 bits per heavy atom. The van der Waals surface area contributed by atoms with E-state index >= 15 is 0 Å². The number of hydrogen-bond donors (Lipinski definition) is 1. The summed E-state index contributed by atoms with van der Waals surface area (Å²) in [5.74, 6) is -0.726. The van der Waals surface area contributed by atoms with E-state index in [-0.39, 0.29) is 30.3 Å². The number of nitrogens with one attached hydrogen (secondary N) is 1. The summed E-state index contributed by atoms with van der Waals surface area (Å²) >= 11 is 0. The van der Waals surface area contributed by atoms with Crippen LogP contribution in [-0.2, 0) is 32.0 Å². The fourth-order valence-corrected chi connectivity index (χ4v) is 7.33. The van der Waals surface area contributed by atoms with Gasteiger partial charge in [-0.05, 0) is 70.4 Å². The Labute approximate surface area is 285 Å². The Hall–Kier alpha value is -3.92. The van der Waals surface area contributed by atoms with Crippen LogP contribution >= 0.6 is 0 Å². The molecule has 0 bridgehead atoms. The maximum Gasteiger partial charge on any atom is 0.410 e. The Kier molecular flexibility index (Phi) is 11.5. The van der Waals surface area contributed by atoms with Crippen molar-refractivity contribution < 1.29 is 23.9 Å². The first-order valence-corrected chi connectivity index (χ1v) is 17.6. The molecule has 0 radical (unpaired) electrons. The van der Waals surface area contributed by atoms with Crippen LogP contribution in [-0.4, -0.2) is 107 Å². The van der Waals surface area contributed by atoms with Gasteiger partial charge in [-0.15, -0.1) is 0 Å². The molecule has 3 aliphatic rings. The second kappa shape index (κ2) is 15.5. The molecule has 0 aromatic heterocycles. The third kappa shape index (κ3) is 8.75. The number of rotatable bonds is 10. The molecule has 1 N–H and O–H groups in total. The summed E-state index contributed by atoms with van der Waals surface area (Å²) < 4.78 is 5.49. The molecular weight excluding hydrogens is 606 g/mol. The summed E-state index contributed by atoms with van der Waals surface area (Å²) in [6.45, 7) is 9.06. The number of hydrogen-bond acceptors (Lipinski definition) is 6. The molecule has 48 heavy (non-hydrogen) atoms. The van der Waals surface area contributed by atoms with Gasteiger partial charge >= 0.3 is 6.09 Å². The SMILES string of the molecule is C[C@@H](C(=O)N[C@H](C(=O)N1CC(=O)N2[C@@H](Cc3ccccc3)CN(CCc3ccccc3)C[C@H]12)C1CCCCC1)N(C)C(=O)OC(C)(C)C. The highest BCUT2D eigenvalue weighted by Gasteiger charge is 2.50. The fraction of sp³-hybridized carbons (Fsp3) is 0.579. The Morgan fingerprint density at radius 2 is 1.56 bits per heavy atom. The lowest BCUT2D eigenvalue weighted by molar-refractivity contribution is -0.143. The molecule has 1 saturated carbocycles. The van der Waals surface area contributed by atoms with Crippen molar-refractivity contribution in [2.24, 2.45) is 5.92 Å². The van der Waals surface area contributed by atoms with Crippen LogP contribution in [0.1, 0.15) is 70.9 Å². The van der Waals surface area contributed by atoms with E-state index in [1.165, 1.54) is 17.5 Å². The average Bonchev–Trinajstić information content (AvgIpc) is 3.41. The van der Waals surface area contributed by atoms with Crippen molar-refractivity contribution in [1.82, 2.24) is 24.9 Å². The van der Waals surface area contributed by atoms with Gasteiger partial charge in [-0.25, -0.2) is 4.79 Å². The van der Waals surface area contributed by atoms with Crippen LogP contribution < -0.4 is 5.32 Å². The van der Waals surface area contributed by atoms with Gasteiger partial charge in [-0.1, -0.05) is 79.9 Å². The van der Waals surface area contributed by atoms with Crippen molar-refractivity contribution in [1.29, 1.82) is 0 Å².